The van der Waals surface area contributed by atoms with Crippen molar-refractivity contribution < 1.29 is 0 Å². The second-order valence-electron chi connectivity index (χ2n) is 5.81. The molecule has 1 fully saturated rings. The first-order valence-electron chi connectivity index (χ1n) is 7.72. The maximum absolute atomic E-state index is 5.98. The monoisotopic (exact) mass is 293 g/mol. The highest BCUT2D eigenvalue weighted by Gasteiger charge is 2.18. The van der Waals surface area contributed by atoms with Crippen molar-refractivity contribution in [1.82, 2.24) is 15.0 Å². The van der Waals surface area contributed by atoms with Crippen molar-refractivity contribution >= 4 is 16.9 Å². The predicted octanol–water partition coefficient (Wildman–Crippen LogP) is 2.55. The van der Waals surface area contributed by atoms with E-state index in [1.54, 1.807) is 0 Å². The van der Waals surface area contributed by atoms with Crippen molar-refractivity contribution in [2.75, 3.05) is 18.0 Å². The maximum Gasteiger partial charge on any atom is 0.157 e. The van der Waals surface area contributed by atoms with Gasteiger partial charge in [-0.3, -0.25) is 0 Å². The predicted molar refractivity (Wildman–Crippen MR) is 88.7 cm³/mol. The molecule has 5 heteroatoms. The van der Waals surface area contributed by atoms with Crippen LogP contribution in [-0.4, -0.2) is 34.1 Å². The third-order valence-electron chi connectivity index (χ3n) is 4.23. The number of para-hydroxylation sites is 2. The molecule has 1 aromatic carbocycles. The van der Waals surface area contributed by atoms with Gasteiger partial charge in [-0.1, -0.05) is 18.2 Å². The number of hydrogen-bond acceptors (Lipinski definition) is 4. The fraction of sp³-hybridized carbons (Fsp3) is 0.294. The molecule has 2 aromatic heterocycles. The van der Waals surface area contributed by atoms with E-state index in [0.29, 0.717) is 6.04 Å². The fourth-order valence-electron chi connectivity index (χ4n) is 2.93. The van der Waals surface area contributed by atoms with Crippen molar-refractivity contribution in [3.05, 3.63) is 42.5 Å². The van der Waals surface area contributed by atoms with Gasteiger partial charge >= 0.3 is 0 Å². The Bertz CT molecular complexity index is 753. The second-order valence-corrected chi connectivity index (χ2v) is 5.81. The molecule has 3 aromatic rings. The van der Waals surface area contributed by atoms with Gasteiger partial charge in [-0.05, 0) is 37.1 Å². The molecule has 0 saturated carbocycles. The molecule has 4 rings (SSSR count). The highest BCUT2D eigenvalue weighted by atomic mass is 15.2. The van der Waals surface area contributed by atoms with E-state index in [2.05, 4.69) is 20.9 Å². The molecule has 1 aliphatic heterocycles. The molecular formula is C17H19N5. The van der Waals surface area contributed by atoms with E-state index in [9.17, 15) is 0 Å². The summed E-state index contributed by atoms with van der Waals surface area (Å²) in [5, 5.41) is 0. The number of benzene rings is 1. The standard InChI is InChI=1S/C17H19N5/c18-12-8-10-22(11-9-12)16-7-3-6-15(19-16)17-20-13-4-1-2-5-14(13)21-17/h1-7,12H,8-11,18H2,(H,20,21). The SMILES string of the molecule is NC1CCN(c2cccc(-c3nc4ccccc4[nH]3)n2)CC1. The smallest absolute Gasteiger partial charge is 0.157 e. The molecule has 1 saturated heterocycles. The van der Waals surface area contributed by atoms with E-state index < -0.39 is 0 Å². The van der Waals surface area contributed by atoms with Crippen LogP contribution in [0.5, 0.6) is 0 Å². The molecule has 0 aliphatic carbocycles. The molecule has 0 radical (unpaired) electrons. The van der Waals surface area contributed by atoms with Crippen molar-refractivity contribution in [1.29, 1.82) is 0 Å². The van der Waals surface area contributed by atoms with E-state index in [4.69, 9.17) is 10.7 Å². The lowest BCUT2D eigenvalue weighted by Gasteiger charge is -2.31. The van der Waals surface area contributed by atoms with Crippen LogP contribution in [0, 0.1) is 0 Å². The summed E-state index contributed by atoms with van der Waals surface area (Å²) in [7, 11) is 0. The Morgan fingerprint density at radius 1 is 1.00 bits per heavy atom. The molecule has 3 heterocycles. The Morgan fingerprint density at radius 2 is 1.82 bits per heavy atom. The Balaban J connectivity index is 1.66. The van der Waals surface area contributed by atoms with Crippen molar-refractivity contribution in [2.24, 2.45) is 5.73 Å². The number of imidazole rings is 1. The summed E-state index contributed by atoms with van der Waals surface area (Å²) in [5.74, 6) is 1.82. The first kappa shape index (κ1) is 13.3. The quantitative estimate of drug-likeness (QED) is 0.762. The molecule has 0 bridgehead atoms. The number of aromatic amines is 1. The van der Waals surface area contributed by atoms with Gasteiger partial charge in [-0.15, -0.1) is 0 Å². The number of aromatic nitrogens is 3. The van der Waals surface area contributed by atoms with Crippen LogP contribution >= 0.6 is 0 Å². The lowest BCUT2D eigenvalue weighted by Crippen LogP contribution is -2.40. The first-order valence-corrected chi connectivity index (χ1v) is 7.72. The van der Waals surface area contributed by atoms with Crippen LogP contribution in [0.3, 0.4) is 0 Å². The number of rotatable bonds is 2. The number of piperidine rings is 1. The number of H-pyrrole nitrogens is 1. The van der Waals surface area contributed by atoms with Crippen LogP contribution in [0.15, 0.2) is 42.5 Å². The fourth-order valence-corrected chi connectivity index (χ4v) is 2.93. The number of hydrogen-bond donors (Lipinski definition) is 2. The lowest BCUT2D eigenvalue weighted by molar-refractivity contribution is 0.499. The van der Waals surface area contributed by atoms with Gasteiger partial charge in [0.2, 0.25) is 0 Å². The molecular weight excluding hydrogens is 274 g/mol. The minimum Gasteiger partial charge on any atom is -0.356 e. The molecule has 22 heavy (non-hydrogen) atoms. The number of nitrogens with one attached hydrogen (secondary N) is 1. The van der Waals surface area contributed by atoms with E-state index in [1.807, 2.05) is 36.4 Å². The summed E-state index contributed by atoms with van der Waals surface area (Å²) < 4.78 is 0. The molecule has 5 nitrogen and oxygen atoms in total. The van der Waals surface area contributed by atoms with E-state index in [0.717, 1.165) is 54.3 Å². The van der Waals surface area contributed by atoms with Gasteiger partial charge in [0, 0.05) is 19.1 Å². The highest BCUT2D eigenvalue weighted by molar-refractivity contribution is 5.78. The molecule has 0 amide bonds. The van der Waals surface area contributed by atoms with Crippen LogP contribution in [0.4, 0.5) is 5.82 Å². The number of anilines is 1. The Labute approximate surface area is 129 Å². The number of fused-ring (bicyclic) bond motifs is 1. The maximum atomic E-state index is 5.98. The van der Waals surface area contributed by atoms with Crippen molar-refractivity contribution in [3.63, 3.8) is 0 Å². The largest absolute Gasteiger partial charge is 0.356 e. The first-order chi connectivity index (χ1) is 10.8. The minimum atomic E-state index is 0.329. The van der Waals surface area contributed by atoms with Gasteiger partial charge in [0.05, 0.1) is 11.0 Å². The van der Waals surface area contributed by atoms with Gasteiger partial charge in [0.1, 0.15) is 11.5 Å². The summed E-state index contributed by atoms with van der Waals surface area (Å²) in [6.07, 6.45) is 2.05. The molecule has 112 valence electrons. The van der Waals surface area contributed by atoms with Crippen molar-refractivity contribution in [3.8, 4) is 11.5 Å². The van der Waals surface area contributed by atoms with Crippen LogP contribution < -0.4 is 10.6 Å². The zero-order valence-electron chi connectivity index (χ0n) is 12.4. The Morgan fingerprint density at radius 3 is 2.64 bits per heavy atom. The molecule has 3 N–H and O–H groups in total. The van der Waals surface area contributed by atoms with Crippen LogP contribution in [-0.2, 0) is 0 Å². The van der Waals surface area contributed by atoms with Crippen LogP contribution in [0.1, 0.15) is 12.8 Å². The summed E-state index contributed by atoms with van der Waals surface area (Å²) in [5.41, 5.74) is 8.86. The summed E-state index contributed by atoms with van der Waals surface area (Å²) in [6, 6.07) is 14.5. The van der Waals surface area contributed by atoms with Crippen LogP contribution in [0.25, 0.3) is 22.6 Å². The molecule has 1 aliphatic rings. The highest BCUT2D eigenvalue weighted by Crippen LogP contribution is 2.23. The molecule has 0 spiro atoms. The average Bonchev–Trinajstić information content (AvgIpc) is 3.00. The van der Waals surface area contributed by atoms with Crippen LogP contribution in [0.2, 0.25) is 0 Å². The second kappa shape index (κ2) is 5.42. The number of nitrogens with two attached hydrogens (primary N) is 1. The number of nitrogens with zero attached hydrogens (tertiary/aromatic N) is 3. The van der Waals surface area contributed by atoms with E-state index in [1.165, 1.54) is 0 Å². The zero-order valence-corrected chi connectivity index (χ0v) is 12.4. The summed E-state index contributed by atoms with van der Waals surface area (Å²) in [4.78, 5) is 15.0. The van der Waals surface area contributed by atoms with Gasteiger partial charge in [-0.25, -0.2) is 9.97 Å². The third-order valence-corrected chi connectivity index (χ3v) is 4.23. The van der Waals surface area contributed by atoms with Gasteiger partial charge in [0.15, 0.2) is 5.82 Å². The summed E-state index contributed by atoms with van der Waals surface area (Å²) >= 11 is 0. The molecule has 0 atom stereocenters. The summed E-state index contributed by atoms with van der Waals surface area (Å²) in [6.45, 7) is 1.94. The van der Waals surface area contributed by atoms with Gasteiger partial charge in [0.25, 0.3) is 0 Å². The van der Waals surface area contributed by atoms with E-state index >= 15 is 0 Å². The van der Waals surface area contributed by atoms with E-state index in [-0.39, 0.29) is 0 Å². The minimum absolute atomic E-state index is 0.329. The van der Waals surface area contributed by atoms with Crippen molar-refractivity contribution in [2.45, 2.75) is 18.9 Å². The van der Waals surface area contributed by atoms with Gasteiger partial charge < -0.3 is 15.6 Å². The Hall–Kier alpha value is -2.40. The normalized spacial score (nSPS) is 16.3. The Kier molecular flexibility index (Phi) is 3.27. The number of pyridine rings is 1. The third kappa shape index (κ3) is 2.44. The zero-order chi connectivity index (χ0) is 14.9. The topological polar surface area (TPSA) is 70.8 Å². The lowest BCUT2D eigenvalue weighted by atomic mass is 10.1. The van der Waals surface area contributed by atoms with Gasteiger partial charge in [-0.2, -0.15) is 0 Å². The molecule has 0 unspecified atom stereocenters. The average molecular weight is 293 g/mol.